The van der Waals surface area contributed by atoms with Crippen LogP contribution >= 0.6 is 23.2 Å². The first-order valence-corrected chi connectivity index (χ1v) is 6.22. The molecule has 94 valence electrons. The summed E-state index contributed by atoms with van der Waals surface area (Å²) in [4.78, 5) is 25.2. The van der Waals surface area contributed by atoms with Crippen molar-refractivity contribution in [2.45, 2.75) is 19.9 Å². The van der Waals surface area contributed by atoms with E-state index in [1.54, 1.807) is 38.1 Å². The van der Waals surface area contributed by atoms with E-state index in [1.807, 2.05) is 0 Å². The second kappa shape index (κ2) is 4.75. The summed E-state index contributed by atoms with van der Waals surface area (Å²) in [5, 5.41) is 0.531. The first-order chi connectivity index (χ1) is 8.43. The quantitative estimate of drug-likeness (QED) is 0.783. The molecule has 5 heteroatoms. The van der Waals surface area contributed by atoms with Crippen LogP contribution < -0.4 is 0 Å². The molecule has 1 aliphatic heterocycles. The van der Waals surface area contributed by atoms with Crippen molar-refractivity contribution in [1.82, 2.24) is 4.90 Å². The monoisotopic (exact) mass is 283 g/mol. The summed E-state index contributed by atoms with van der Waals surface area (Å²) >= 11 is 11.8. The zero-order valence-corrected chi connectivity index (χ0v) is 11.4. The lowest BCUT2D eigenvalue weighted by molar-refractivity contribution is -0.138. The molecule has 0 spiro atoms. The molecule has 0 bridgehead atoms. The number of hydrogen-bond donors (Lipinski definition) is 0. The number of halogens is 2. The largest absolute Gasteiger partial charge is 0.273 e. The van der Waals surface area contributed by atoms with E-state index in [2.05, 4.69) is 0 Å². The van der Waals surface area contributed by atoms with Crippen LogP contribution in [0, 0.1) is 0 Å². The van der Waals surface area contributed by atoms with Gasteiger partial charge in [-0.3, -0.25) is 14.5 Å². The van der Waals surface area contributed by atoms with Crippen molar-refractivity contribution >= 4 is 40.6 Å². The van der Waals surface area contributed by atoms with Crippen LogP contribution in [0.5, 0.6) is 0 Å². The van der Waals surface area contributed by atoms with E-state index in [-0.39, 0.29) is 22.6 Å². The van der Waals surface area contributed by atoms with E-state index in [0.717, 1.165) is 4.90 Å². The van der Waals surface area contributed by atoms with Crippen molar-refractivity contribution in [3.63, 3.8) is 0 Å². The molecule has 3 nitrogen and oxygen atoms in total. The molecule has 2 rings (SSSR count). The minimum Gasteiger partial charge on any atom is -0.271 e. The lowest BCUT2D eigenvalue weighted by Gasteiger charge is -2.18. The molecule has 0 unspecified atom stereocenters. The molecule has 1 aliphatic rings. The highest BCUT2D eigenvalue weighted by Gasteiger charge is 2.39. The topological polar surface area (TPSA) is 37.4 Å². The number of amides is 2. The molecule has 0 aliphatic carbocycles. The minimum atomic E-state index is -0.443. The average molecular weight is 284 g/mol. The zero-order valence-electron chi connectivity index (χ0n) is 9.91. The highest BCUT2D eigenvalue weighted by atomic mass is 35.5. The first kappa shape index (κ1) is 13.1. The average Bonchev–Trinajstić information content (AvgIpc) is 2.52. The van der Waals surface area contributed by atoms with Crippen molar-refractivity contribution in [3.05, 3.63) is 39.9 Å². The van der Waals surface area contributed by atoms with Gasteiger partial charge in [-0.05, 0) is 31.5 Å². The molecule has 1 heterocycles. The lowest BCUT2D eigenvalue weighted by atomic mass is 10.1. The van der Waals surface area contributed by atoms with E-state index in [0.29, 0.717) is 10.6 Å². The van der Waals surface area contributed by atoms with Crippen molar-refractivity contribution in [2.75, 3.05) is 0 Å². The van der Waals surface area contributed by atoms with E-state index < -0.39 is 5.91 Å². The van der Waals surface area contributed by atoms with E-state index in [4.69, 9.17) is 23.2 Å². The van der Waals surface area contributed by atoms with Gasteiger partial charge in [-0.15, -0.1) is 0 Å². The number of nitrogens with zero attached hydrogens (tertiary/aromatic N) is 1. The fourth-order valence-electron chi connectivity index (χ4n) is 1.86. The Morgan fingerprint density at radius 2 is 1.56 bits per heavy atom. The van der Waals surface area contributed by atoms with E-state index >= 15 is 0 Å². The molecule has 0 N–H and O–H groups in total. The van der Waals surface area contributed by atoms with Crippen molar-refractivity contribution < 1.29 is 9.59 Å². The summed E-state index contributed by atoms with van der Waals surface area (Å²) in [6, 6.07) is 6.45. The molecule has 0 atom stereocenters. The fraction of sp³-hybridized carbons (Fsp3) is 0.231. The lowest BCUT2D eigenvalue weighted by Crippen LogP contribution is -2.37. The first-order valence-electron chi connectivity index (χ1n) is 5.47. The minimum absolute atomic E-state index is 0.0315. The van der Waals surface area contributed by atoms with Crippen LogP contribution in [-0.2, 0) is 9.59 Å². The SMILES string of the molecule is CC(C)N1C(=O)C(Cl)=C(c2ccc(Cl)cc2)C1=O. The molecule has 0 saturated carbocycles. The van der Waals surface area contributed by atoms with Crippen LogP contribution in [0.25, 0.3) is 5.57 Å². The highest BCUT2D eigenvalue weighted by Crippen LogP contribution is 2.33. The Morgan fingerprint density at radius 3 is 2.00 bits per heavy atom. The predicted octanol–water partition coefficient (Wildman–Crippen LogP) is 3.07. The Morgan fingerprint density at radius 1 is 1.00 bits per heavy atom. The normalized spacial score (nSPS) is 16.2. The Hall–Kier alpha value is -1.32. The third-order valence-electron chi connectivity index (χ3n) is 2.71. The second-order valence-electron chi connectivity index (χ2n) is 4.27. The Balaban J connectivity index is 2.48. The fourth-order valence-corrected chi connectivity index (χ4v) is 2.26. The summed E-state index contributed by atoms with van der Waals surface area (Å²) < 4.78 is 0. The van der Waals surface area contributed by atoms with Gasteiger partial charge in [-0.2, -0.15) is 0 Å². The molecule has 18 heavy (non-hydrogen) atoms. The van der Waals surface area contributed by atoms with Gasteiger partial charge in [0.1, 0.15) is 5.03 Å². The predicted molar refractivity (Wildman–Crippen MR) is 71.2 cm³/mol. The molecule has 0 fully saturated rings. The van der Waals surface area contributed by atoms with Gasteiger partial charge in [0, 0.05) is 11.1 Å². The summed E-state index contributed by atoms with van der Waals surface area (Å²) in [5.41, 5.74) is 0.845. The Kier molecular flexibility index (Phi) is 3.46. The van der Waals surface area contributed by atoms with Gasteiger partial charge in [0.15, 0.2) is 0 Å². The molecule has 0 aromatic heterocycles. The maximum Gasteiger partial charge on any atom is 0.273 e. The van der Waals surface area contributed by atoms with Crippen LogP contribution in [0.4, 0.5) is 0 Å². The van der Waals surface area contributed by atoms with Crippen LogP contribution in [0.2, 0.25) is 5.02 Å². The standard InChI is InChI=1S/C13H11Cl2NO2/c1-7(2)16-12(17)10(11(15)13(16)18)8-3-5-9(14)6-4-8/h3-7H,1-2H3. The molecule has 0 saturated heterocycles. The number of carbonyl (C=O) groups excluding carboxylic acids is 2. The van der Waals surface area contributed by atoms with Gasteiger partial charge >= 0.3 is 0 Å². The second-order valence-corrected chi connectivity index (χ2v) is 5.08. The third-order valence-corrected chi connectivity index (χ3v) is 3.31. The summed E-state index contributed by atoms with van der Waals surface area (Å²) in [6.07, 6.45) is 0. The van der Waals surface area contributed by atoms with Gasteiger partial charge in [-0.25, -0.2) is 0 Å². The van der Waals surface area contributed by atoms with Crippen molar-refractivity contribution in [3.8, 4) is 0 Å². The zero-order chi connectivity index (χ0) is 13.4. The highest BCUT2D eigenvalue weighted by molar-refractivity contribution is 6.55. The number of benzene rings is 1. The molecule has 0 radical (unpaired) electrons. The summed E-state index contributed by atoms with van der Waals surface area (Å²) in [7, 11) is 0. The summed E-state index contributed by atoms with van der Waals surface area (Å²) in [6.45, 7) is 3.54. The maximum atomic E-state index is 12.2. The van der Waals surface area contributed by atoms with Crippen LogP contribution in [-0.4, -0.2) is 22.8 Å². The number of rotatable bonds is 2. The van der Waals surface area contributed by atoms with Crippen molar-refractivity contribution in [1.29, 1.82) is 0 Å². The molecular weight excluding hydrogens is 273 g/mol. The Bertz CT molecular complexity index is 547. The van der Waals surface area contributed by atoms with Gasteiger partial charge in [0.25, 0.3) is 11.8 Å². The number of hydrogen-bond acceptors (Lipinski definition) is 2. The molecule has 1 aromatic rings. The molecule has 1 aromatic carbocycles. The van der Waals surface area contributed by atoms with Crippen molar-refractivity contribution in [2.24, 2.45) is 0 Å². The van der Waals surface area contributed by atoms with Gasteiger partial charge in [0.05, 0.1) is 5.57 Å². The van der Waals surface area contributed by atoms with Crippen LogP contribution in [0.15, 0.2) is 29.3 Å². The summed E-state index contributed by atoms with van der Waals surface area (Å²) in [5.74, 6) is -0.802. The number of imide groups is 1. The molecule has 2 amide bonds. The van der Waals surface area contributed by atoms with E-state index in [9.17, 15) is 9.59 Å². The van der Waals surface area contributed by atoms with Gasteiger partial charge in [-0.1, -0.05) is 35.3 Å². The van der Waals surface area contributed by atoms with E-state index in [1.165, 1.54) is 0 Å². The molecular formula is C13H11Cl2NO2. The maximum absolute atomic E-state index is 12.2. The Labute approximate surface area is 115 Å². The smallest absolute Gasteiger partial charge is 0.271 e. The van der Waals surface area contributed by atoms with Crippen LogP contribution in [0.3, 0.4) is 0 Å². The van der Waals surface area contributed by atoms with Gasteiger partial charge in [0.2, 0.25) is 0 Å². The number of carbonyl (C=O) groups is 2. The van der Waals surface area contributed by atoms with Gasteiger partial charge < -0.3 is 0 Å². The van der Waals surface area contributed by atoms with Crippen LogP contribution in [0.1, 0.15) is 19.4 Å². The third kappa shape index (κ3) is 2.04.